The van der Waals surface area contributed by atoms with Gasteiger partial charge in [0.15, 0.2) is 5.82 Å². The van der Waals surface area contributed by atoms with E-state index in [0.717, 1.165) is 16.8 Å². The molecule has 0 saturated heterocycles. The highest BCUT2D eigenvalue weighted by atomic mass is 35.5. The molecule has 1 aromatic carbocycles. The molecule has 1 aromatic heterocycles. The van der Waals surface area contributed by atoms with E-state index >= 15 is 0 Å². The fourth-order valence-corrected chi connectivity index (χ4v) is 2.25. The van der Waals surface area contributed by atoms with Crippen LogP contribution >= 0.6 is 11.6 Å². The zero-order valence-corrected chi connectivity index (χ0v) is 12.4. The van der Waals surface area contributed by atoms with Crippen LogP contribution in [0.4, 0.5) is 5.82 Å². The number of nitrogens with one attached hydrogen (secondary N) is 1. The normalized spacial score (nSPS) is 11.8. The molecular weight excluding hydrogens is 272 g/mol. The Balaban J connectivity index is 2.34. The molecule has 0 amide bonds. The molecule has 0 aliphatic carbocycles. The van der Waals surface area contributed by atoms with E-state index in [1.807, 2.05) is 45.0 Å². The Bertz CT molecular complexity index is 676. The quantitative estimate of drug-likeness (QED) is 0.932. The molecule has 0 fully saturated rings. The number of rotatable bonds is 3. The first-order valence-corrected chi connectivity index (χ1v) is 6.67. The van der Waals surface area contributed by atoms with Crippen LogP contribution in [-0.2, 0) is 0 Å². The molecule has 2 rings (SSSR count). The zero-order chi connectivity index (χ0) is 14.7. The molecule has 0 bridgehead atoms. The molecule has 0 aliphatic rings. The average molecular weight is 287 g/mol. The van der Waals surface area contributed by atoms with Crippen molar-refractivity contribution in [3.63, 3.8) is 0 Å². The van der Waals surface area contributed by atoms with Crippen LogP contribution in [0.15, 0.2) is 24.3 Å². The highest BCUT2D eigenvalue weighted by Gasteiger charge is 2.15. The van der Waals surface area contributed by atoms with Gasteiger partial charge in [0.05, 0.1) is 11.7 Å². The minimum Gasteiger partial charge on any atom is -0.361 e. The maximum Gasteiger partial charge on any atom is 0.167 e. The first kappa shape index (κ1) is 14.3. The van der Waals surface area contributed by atoms with E-state index in [2.05, 4.69) is 21.6 Å². The van der Waals surface area contributed by atoms with Gasteiger partial charge < -0.3 is 5.32 Å². The van der Waals surface area contributed by atoms with Crippen LogP contribution in [0.25, 0.3) is 0 Å². The highest BCUT2D eigenvalue weighted by Crippen LogP contribution is 2.27. The van der Waals surface area contributed by atoms with Gasteiger partial charge in [0, 0.05) is 5.02 Å². The van der Waals surface area contributed by atoms with Crippen molar-refractivity contribution in [3.8, 4) is 6.07 Å². The van der Waals surface area contributed by atoms with Gasteiger partial charge in [-0.2, -0.15) is 10.4 Å². The Labute approximate surface area is 123 Å². The molecular formula is C15H15ClN4. The van der Waals surface area contributed by atoms with Gasteiger partial charge in [0.25, 0.3) is 0 Å². The molecule has 0 radical (unpaired) electrons. The fraction of sp³-hybridized carbons (Fsp3) is 0.267. The average Bonchev–Trinajstić information content (AvgIpc) is 2.43. The molecule has 0 saturated carbocycles. The topological polar surface area (TPSA) is 61.6 Å². The van der Waals surface area contributed by atoms with Crippen molar-refractivity contribution in [1.29, 1.82) is 5.26 Å². The number of anilines is 1. The summed E-state index contributed by atoms with van der Waals surface area (Å²) < 4.78 is 0. The van der Waals surface area contributed by atoms with Gasteiger partial charge in [0.1, 0.15) is 11.6 Å². The number of nitriles is 1. The van der Waals surface area contributed by atoms with Crippen molar-refractivity contribution in [2.45, 2.75) is 26.8 Å². The lowest BCUT2D eigenvalue weighted by molar-refractivity contribution is 0.849. The zero-order valence-electron chi connectivity index (χ0n) is 11.6. The van der Waals surface area contributed by atoms with Crippen LogP contribution in [0, 0.1) is 25.2 Å². The van der Waals surface area contributed by atoms with Crippen molar-refractivity contribution in [3.05, 3.63) is 51.7 Å². The van der Waals surface area contributed by atoms with Gasteiger partial charge in [-0.25, -0.2) is 0 Å². The molecule has 5 heteroatoms. The molecule has 0 aliphatic heterocycles. The summed E-state index contributed by atoms with van der Waals surface area (Å²) >= 11 is 6.17. The van der Waals surface area contributed by atoms with Crippen molar-refractivity contribution >= 4 is 17.4 Å². The number of aromatic nitrogens is 2. The van der Waals surface area contributed by atoms with E-state index in [1.54, 1.807) is 0 Å². The van der Waals surface area contributed by atoms with Crippen LogP contribution in [0.2, 0.25) is 5.02 Å². The molecule has 20 heavy (non-hydrogen) atoms. The number of hydrogen-bond donors (Lipinski definition) is 1. The summed E-state index contributed by atoms with van der Waals surface area (Å²) in [7, 11) is 0. The summed E-state index contributed by atoms with van der Waals surface area (Å²) in [5.41, 5.74) is 3.09. The number of aryl methyl sites for hydroxylation is 1. The summed E-state index contributed by atoms with van der Waals surface area (Å²) in [5, 5.41) is 21.3. The molecule has 1 atom stereocenters. The summed E-state index contributed by atoms with van der Waals surface area (Å²) in [5.74, 6) is 0.489. The van der Waals surface area contributed by atoms with Gasteiger partial charge in [-0.1, -0.05) is 29.8 Å². The summed E-state index contributed by atoms with van der Waals surface area (Å²) in [6.07, 6.45) is 0. The number of benzene rings is 1. The minimum absolute atomic E-state index is 0.0628. The van der Waals surface area contributed by atoms with Crippen LogP contribution < -0.4 is 5.32 Å². The maximum atomic E-state index is 9.28. The number of halogens is 1. The van der Waals surface area contributed by atoms with E-state index in [-0.39, 0.29) is 6.04 Å². The van der Waals surface area contributed by atoms with E-state index in [4.69, 9.17) is 11.6 Å². The molecule has 4 nitrogen and oxygen atoms in total. The highest BCUT2D eigenvalue weighted by molar-refractivity contribution is 6.31. The number of hydrogen-bond acceptors (Lipinski definition) is 4. The lowest BCUT2D eigenvalue weighted by Crippen LogP contribution is -2.12. The third kappa shape index (κ3) is 2.73. The van der Waals surface area contributed by atoms with Crippen LogP contribution in [-0.4, -0.2) is 10.2 Å². The third-order valence-electron chi connectivity index (χ3n) is 3.29. The van der Waals surface area contributed by atoms with Gasteiger partial charge in [-0.15, -0.1) is 5.10 Å². The fourth-order valence-electron chi connectivity index (χ4n) is 1.96. The molecule has 0 spiro atoms. The second-order valence-corrected chi connectivity index (χ2v) is 5.04. The third-order valence-corrected chi connectivity index (χ3v) is 3.64. The monoisotopic (exact) mass is 286 g/mol. The Morgan fingerprint density at radius 1 is 1.25 bits per heavy atom. The summed E-state index contributed by atoms with van der Waals surface area (Å²) in [6, 6.07) is 9.71. The maximum absolute atomic E-state index is 9.28. The lowest BCUT2D eigenvalue weighted by Gasteiger charge is -2.17. The van der Waals surface area contributed by atoms with Gasteiger partial charge in [-0.05, 0) is 38.0 Å². The van der Waals surface area contributed by atoms with Crippen LogP contribution in [0.3, 0.4) is 0 Å². The van der Waals surface area contributed by atoms with E-state index in [1.165, 1.54) is 0 Å². The standard InChI is InChI=1S/C15H15ClN4/c1-9-10(2)19-20-15(13(9)8-17)18-11(3)12-6-4-5-7-14(12)16/h4-7,11H,1-3H3,(H,18,20). The first-order chi connectivity index (χ1) is 9.54. The predicted octanol–water partition coefficient (Wildman–Crippen LogP) is 3.79. The second kappa shape index (κ2) is 5.89. The van der Waals surface area contributed by atoms with Crippen molar-refractivity contribution in [1.82, 2.24) is 10.2 Å². The van der Waals surface area contributed by atoms with Crippen molar-refractivity contribution < 1.29 is 0 Å². The van der Waals surface area contributed by atoms with Gasteiger partial charge in [-0.3, -0.25) is 0 Å². The molecule has 1 N–H and O–H groups in total. The van der Waals surface area contributed by atoms with Crippen molar-refractivity contribution in [2.75, 3.05) is 5.32 Å². The van der Waals surface area contributed by atoms with E-state index < -0.39 is 0 Å². The SMILES string of the molecule is Cc1nnc(NC(C)c2ccccc2Cl)c(C#N)c1C. The second-order valence-electron chi connectivity index (χ2n) is 4.63. The van der Waals surface area contributed by atoms with Crippen LogP contribution in [0.1, 0.15) is 35.3 Å². The molecule has 102 valence electrons. The Morgan fingerprint density at radius 2 is 1.95 bits per heavy atom. The molecule has 1 unspecified atom stereocenters. The van der Waals surface area contributed by atoms with E-state index in [0.29, 0.717) is 16.4 Å². The summed E-state index contributed by atoms with van der Waals surface area (Å²) in [6.45, 7) is 5.68. The largest absolute Gasteiger partial charge is 0.361 e. The minimum atomic E-state index is -0.0628. The number of nitrogens with zero attached hydrogens (tertiary/aromatic N) is 3. The Hall–Kier alpha value is -2.12. The smallest absolute Gasteiger partial charge is 0.167 e. The van der Waals surface area contributed by atoms with Crippen molar-refractivity contribution in [2.24, 2.45) is 0 Å². The summed E-state index contributed by atoms with van der Waals surface area (Å²) in [4.78, 5) is 0. The molecule has 2 aromatic rings. The first-order valence-electron chi connectivity index (χ1n) is 6.29. The van der Waals surface area contributed by atoms with E-state index in [9.17, 15) is 5.26 Å². The lowest BCUT2D eigenvalue weighted by atomic mass is 10.1. The molecule has 1 heterocycles. The van der Waals surface area contributed by atoms with Crippen LogP contribution in [0.5, 0.6) is 0 Å². The predicted molar refractivity (Wildman–Crippen MR) is 79.7 cm³/mol. The Morgan fingerprint density at radius 3 is 2.60 bits per heavy atom. The Kier molecular flexibility index (Phi) is 4.21. The van der Waals surface area contributed by atoms with Gasteiger partial charge in [0.2, 0.25) is 0 Å². The van der Waals surface area contributed by atoms with Gasteiger partial charge >= 0.3 is 0 Å².